The van der Waals surface area contributed by atoms with Gasteiger partial charge in [0.25, 0.3) is 0 Å². The second kappa shape index (κ2) is 16.3. The first-order valence-corrected chi connectivity index (χ1v) is 18.5. The summed E-state index contributed by atoms with van der Waals surface area (Å²) in [5.74, 6) is 0.968. The lowest BCUT2D eigenvalue weighted by molar-refractivity contribution is 0.866. The summed E-state index contributed by atoms with van der Waals surface area (Å²) in [5.41, 5.74) is 18.0. The Kier molecular flexibility index (Phi) is 11.9. The molecule has 0 amide bonds. The maximum absolute atomic E-state index is 4.54. The zero-order valence-electron chi connectivity index (χ0n) is 32.5. The molecule has 0 saturated carbocycles. The van der Waals surface area contributed by atoms with Crippen LogP contribution in [-0.2, 0) is 0 Å². The van der Waals surface area contributed by atoms with Crippen molar-refractivity contribution in [2.24, 2.45) is 0 Å². The summed E-state index contributed by atoms with van der Waals surface area (Å²) in [6, 6.07) is 38.4. The Morgan fingerprint density at radius 2 is 1.06 bits per heavy atom. The van der Waals surface area contributed by atoms with Crippen LogP contribution >= 0.6 is 0 Å². The molecule has 0 unspecified atom stereocenters. The van der Waals surface area contributed by atoms with Crippen molar-refractivity contribution < 1.29 is 0 Å². The van der Waals surface area contributed by atoms with Crippen LogP contribution < -0.4 is 9.80 Å². The summed E-state index contributed by atoms with van der Waals surface area (Å²) in [7, 11) is 0. The van der Waals surface area contributed by atoms with Crippen LogP contribution in [0, 0.1) is 27.7 Å². The minimum atomic E-state index is 0.478. The molecule has 2 nitrogen and oxygen atoms in total. The van der Waals surface area contributed by atoms with E-state index in [9.17, 15) is 0 Å². The topological polar surface area (TPSA) is 6.48 Å². The van der Waals surface area contributed by atoms with Crippen LogP contribution in [0.15, 0.2) is 139 Å². The molecule has 5 aromatic rings. The highest BCUT2D eigenvalue weighted by molar-refractivity contribution is 5.83. The minimum Gasteiger partial charge on any atom is -0.311 e. The van der Waals surface area contributed by atoms with Crippen LogP contribution in [0.1, 0.15) is 93.2 Å². The third-order valence-electron chi connectivity index (χ3n) is 9.79. The molecular formula is C49H56N2. The maximum atomic E-state index is 4.54. The maximum Gasteiger partial charge on any atom is 0.0491 e. The Balaban J connectivity index is 1.54. The normalized spacial score (nSPS) is 11.9. The molecule has 0 aliphatic rings. The van der Waals surface area contributed by atoms with Crippen molar-refractivity contribution in [3.8, 4) is 11.1 Å². The van der Waals surface area contributed by atoms with Crippen molar-refractivity contribution >= 4 is 28.4 Å². The molecule has 0 saturated heterocycles. The predicted molar refractivity (Wildman–Crippen MR) is 225 cm³/mol. The van der Waals surface area contributed by atoms with E-state index in [1.165, 1.54) is 67.1 Å². The Bertz CT molecular complexity index is 2040. The number of rotatable bonds is 12. The van der Waals surface area contributed by atoms with Crippen molar-refractivity contribution in [1.82, 2.24) is 0 Å². The van der Waals surface area contributed by atoms with E-state index in [-0.39, 0.29) is 0 Å². The molecule has 0 aromatic heterocycles. The molecule has 2 heteroatoms. The Hall–Kier alpha value is -5.08. The van der Waals surface area contributed by atoms with Crippen molar-refractivity contribution in [3.05, 3.63) is 173 Å². The third-order valence-corrected chi connectivity index (χ3v) is 9.79. The molecule has 0 aliphatic carbocycles. The monoisotopic (exact) mass is 672 g/mol. The van der Waals surface area contributed by atoms with Gasteiger partial charge >= 0.3 is 0 Å². The third kappa shape index (κ3) is 8.63. The first-order chi connectivity index (χ1) is 24.4. The fraction of sp³-hybridized carbons (Fsp3) is 0.265. The number of hydrogen-bond acceptors (Lipinski definition) is 2. The van der Waals surface area contributed by atoms with Gasteiger partial charge in [-0.25, -0.2) is 0 Å². The van der Waals surface area contributed by atoms with E-state index in [1.54, 1.807) is 0 Å². The van der Waals surface area contributed by atoms with E-state index < -0.39 is 0 Å². The number of anilines is 5. The van der Waals surface area contributed by atoms with Gasteiger partial charge in [-0.15, -0.1) is 0 Å². The number of hydrogen-bond donors (Lipinski definition) is 0. The van der Waals surface area contributed by atoms with Crippen LogP contribution in [0.4, 0.5) is 28.4 Å². The van der Waals surface area contributed by atoms with Gasteiger partial charge in [0, 0.05) is 34.1 Å². The van der Waals surface area contributed by atoms with Gasteiger partial charge in [-0.2, -0.15) is 0 Å². The van der Waals surface area contributed by atoms with Gasteiger partial charge in [-0.3, -0.25) is 0 Å². The first-order valence-electron chi connectivity index (χ1n) is 18.5. The number of aryl methyl sites for hydroxylation is 4. The molecule has 0 heterocycles. The lowest BCUT2D eigenvalue weighted by atomic mass is 9.97. The van der Waals surface area contributed by atoms with Gasteiger partial charge in [0.15, 0.2) is 0 Å². The quantitative estimate of drug-likeness (QED) is 0.122. The van der Waals surface area contributed by atoms with E-state index in [2.05, 4.69) is 207 Å². The highest BCUT2D eigenvalue weighted by atomic mass is 15.2. The van der Waals surface area contributed by atoms with Gasteiger partial charge in [-0.1, -0.05) is 113 Å². The highest BCUT2D eigenvalue weighted by Gasteiger charge is 2.19. The lowest BCUT2D eigenvalue weighted by Gasteiger charge is -2.29. The first kappa shape index (κ1) is 37.2. The van der Waals surface area contributed by atoms with Crippen LogP contribution in [0.2, 0.25) is 0 Å². The summed E-state index contributed by atoms with van der Waals surface area (Å²) < 4.78 is 0. The van der Waals surface area contributed by atoms with Crippen LogP contribution in [0.25, 0.3) is 11.1 Å². The Morgan fingerprint density at radius 1 is 0.588 bits per heavy atom. The number of nitrogens with zero attached hydrogens (tertiary/aromatic N) is 2. The summed E-state index contributed by atoms with van der Waals surface area (Å²) in [4.78, 5) is 4.69. The van der Waals surface area contributed by atoms with Gasteiger partial charge in [0.2, 0.25) is 0 Å². The fourth-order valence-corrected chi connectivity index (χ4v) is 6.80. The Labute approximate surface area is 308 Å². The lowest BCUT2D eigenvalue weighted by Crippen LogP contribution is -2.15. The number of allylic oxidation sites excluding steroid dienone is 4. The molecule has 0 bridgehead atoms. The molecule has 51 heavy (non-hydrogen) atoms. The second-order valence-corrected chi connectivity index (χ2v) is 14.6. The average Bonchev–Trinajstić information content (AvgIpc) is 3.10. The minimum absolute atomic E-state index is 0.478. The summed E-state index contributed by atoms with van der Waals surface area (Å²) in [6.07, 6.45) is 7.54. The molecule has 0 aliphatic heterocycles. The standard InChI is InChI=1S/C49H56N2/c1-12-13-35(6)14-16-40(11)50(45-23-17-41(18-24-45)33(2)3)47-28-21-43(31-38(47)9)44-22-29-49(39(10)32-44)51(48-27-15-36(7)30-37(48)8)46-25-19-42(20-26-46)34(4)5/h13-34H,11-12H2,1-10H3/b16-14-,35-13-. The fourth-order valence-electron chi connectivity index (χ4n) is 6.80. The smallest absolute Gasteiger partial charge is 0.0491 e. The summed E-state index contributed by atoms with van der Waals surface area (Å²) >= 11 is 0. The van der Waals surface area contributed by atoms with Crippen LogP contribution in [0.3, 0.4) is 0 Å². The predicted octanol–water partition coefficient (Wildman–Crippen LogP) is 14.9. The highest BCUT2D eigenvalue weighted by Crippen LogP contribution is 2.41. The molecule has 5 rings (SSSR count). The molecule has 0 radical (unpaired) electrons. The van der Waals surface area contributed by atoms with Gasteiger partial charge in [0.1, 0.15) is 0 Å². The molecule has 0 atom stereocenters. The van der Waals surface area contributed by atoms with Gasteiger partial charge in [-0.05, 0) is 152 Å². The zero-order chi connectivity index (χ0) is 36.8. The molecule has 262 valence electrons. The molecular weight excluding hydrogens is 617 g/mol. The van der Waals surface area contributed by atoms with Gasteiger partial charge in [0.05, 0.1) is 0 Å². The van der Waals surface area contributed by atoms with Crippen molar-refractivity contribution in [3.63, 3.8) is 0 Å². The summed E-state index contributed by atoms with van der Waals surface area (Å²) in [6.45, 7) is 26.6. The van der Waals surface area contributed by atoms with E-state index >= 15 is 0 Å². The number of benzene rings is 5. The van der Waals surface area contributed by atoms with E-state index in [4.69, 9.17) is 0 Å². The zero-order valence-corrected chi connectivity index (χ0v) is 32.5. The Morgan fingerprint density at radius 3 is 1.53 bits per heavy atom. The van der Waals surface area contributed by atoms with Crippen LogP contribution in [-0.4, -0.2) is 0 Å². The molecule has 5 aromatic carbocycles. The van der Waals surface area contributed by atoms with Crippen molar-refractivity contribution in [1.29, 1.82) is 0 Å². The van der Waals surface area contributed by atoms with Crippen molar-refractivity contribution in [2.45, 2.75) is 87.5 Å². The molecule has 0 fully saturated rings. The van der Waals surface area contributed by atoms with Crippen LogP contribution in [0.5, 0.6) is 0 Å². The summed E-state index contributed by atoms with van der Waals surface area (Å²) in [5, 5.41) is 0. The average molecular weight is 673 g/mol. The van der Waals surface area contributed by atoms with E-state index in [0.29, 0.717) is 11.8 Å². The molecule has 0 N–H and O–H groups in total. The largest absolute Gasteiger partial charge is 0.311 e. The van der Waals surface area contributed by atoms with Gasteiger partial charge < -0.3 is 9.80 Å². The SMILES string of the molecule is C=C(/C=C\C(C)=C/CC)N(c1ccc(C(C)C)cc1)c1ccc(-c2ccc(N(c3ccc(C(C)C)cc3)c3ccc(C)cc3C)c(C)c2)cc1C. The van der Waals surface area contributed by atoms with E-state index in [0.717, 1.165) is 23.5 Å². The second-order valence-electron chi connectivity index (χ2n) is 14.6. The molecule has 0 spiro atoms. The van der Waals surface area contributed by atoms with Crippen molar-refractivity contribution in [2.75, 3.05) is 9.80 Å². The van der Waals surface area contributed by atoms with E-state index in [1.807, 2.05) is 0 Å².